The zero-order valence-electron chi connectivity index (χ0n) is 13.5. The topological polar surface area (TPSA) is 69.0 Å². The lowest BCUT2D eigenvalue weighted by Gasteiger charge is -2.14. The van der Waals surface area contributed by atoms with Crippen LogP contribution in [-0.4, -0.2) is 27.0 Å². The summed E-state index contributed by atoms with van der Waals surface area (Å²) in [6, 6.07) is 16.7. The number of nitrogens with zero attached hydrogens (tertiary/aromatic N) is 3. The molecular formula is C18H18N4O2. The summed E-state index contributed by atoms with van der Waals surface area (Å²) >= 11 is 0. The van der Waals surface area contributed by atoms with Crippen LogP contribution in [0.3, 0.4) is 0 Å². The van der Waals surface area contributed by atoms with Crippen LogP contribution in [0.4, 0.5) is 5.69 Å². The third-order valence-corrected chi connectivity index (χ3v) is 3.21. The molecule has 0 aliphatic carbocycles. The summed E-state index contributed by atoms with van der Waals surface area (Å²) in [4.78, 5) is 13.8. The minimum Gasteiger partial charge on any atom is -0.489 e. The Morgan fingerprint density at radius 2 is 1.79 bits per heavy atom. The number of hydrogen-bond acceptors (Lipinski definition) is 4. The van der Waals surface area contributed by atoms with E-state index < -0.39 is 0 Å². The Balaban J connectivity index is 1.78. The van der Waals surface area contributed by atoms with Crippen molar-refractivity contribution < 1.29 is 9.53 Å². The number of nitrogens with one attached hydrogen (secondary N) is 1. The lowest BCUT2D eigenvalue weighted by molar-refractivity contribution is 0.102. The van der Waals surface area contributed by atoms with Crippen molar-refractivity contribution in [1.29, 1.82) is 0 Å². The fourth-order valence-corrected chi connectivity index (χ4v) is 2.17. The molecule has 6 heteroatoms. The molecule has 0 spiro atoms. The van der Waals surface area contributed by atoms with E-state index in [1.54, 1.807) is 6.07 Å². The molecular weight excluding hydrogens is 304 g/mol. The monoisotopic (exact) mass is 322 g/mol. The van der Waals surface area contributed by atoms with Crippen LogP contribution in [0.2, 0.25) is 0 Å². The van der Waals surface area contributed by atoms with Crippen molar-refractivity contribution in [2.75, 3.05) is 5.32 Å². The maximum atomic E-state index is 12.4. The van der Waals surface area contributed by atoms with E-state index in [4.69, 9.17) is 4.74 Å². The van der Waals surface area contributed by atoms with Crippen LogP contribution < -0.4 is 10.1 Å². The first-order chi connectivity index (χ1) is 11.6. The molecule has 24 heavy (non-hydrogen) atoms. The number of benzene rings is 2. The van der Waals surface area contributed by atoms with Crippen molar-refractivity contribution >= 4 is 11.6 Å². The number of amides is 1. The number of rotatable bonds is 5. The van der Waals surface area contributed by atoms with E-state index >= 15 is 0 Å². The SMILES string of the molecule is CC(C)Oc1ccccc1NC(=O)c1cnn(-c2ccccc2)n1. The molecule has 0 saturated heterocycles. The molecule has 0 unspecified atom stereocenters. The van der Waals surface area contributed by atoms with Gasteiger partial charge < -0.3 is 10.1 Å². The van der Waals surface area contributed by atoms with Crippen LogP contribution >= 0.6 is 0 Å². The summed E-state index contributed by atoms with van der Waals surface area (Å²) in [5, 5.41) is 11.2. The predicted octanol–water partition coefficient (Wildman–Crippen LogP) is 3.31. The molecule has 0 fully saturated rings. The molecule has 2 aromatic carbocycles. The third kappa shape index (κ3) is 3.60. The third-order valence-electron chi connectivity index (χ3n) is 3.21. The largest absolute Gasteiger partial charge is 0.489 e. The van der Waals surface area contributed by atoms with Gasteiger partial charge in [-0.15, -0.1) is 5.10 Å². The molecule has 0 aliphatic rings. The first kappa shape index (κ1) is 15.7. The predicted molar refractivity (Wildman–Crippen MR) is 91.5 cm³/mol. The second kappa shape index (κ2) is 6.95. The number of carbonyl (C=O) groups is 1. The summed E-state index contributed by atoms with van der Waals surface area (Å²) < 4.78 is 5.70. The van der Waals surface area contributed by atoms with Crippen LogP contribution in [0.1, 0.15) is 24.3 Å². The molecule has 0 saturated carbocycles. The van der Waals surface area contributed by atoms with Gasteiger partial charge in [0, 0.05) is 0 Å². The summed E-state index contributed by atoms with van der Waals surface area (Å²) in [6.07, 6.45) is 1.45. The molecule has 122 valence electrons. The first-order valence-corrected chi connectivity index (χ1v) is 7.68. The van der Waals surface area contributed by atoms with E-state index in [1.165, 1.54) is 11.0 Å². The Kier molecular flexibility index (Phi) is 4.56. The standard InChI is InChI=1S/C18H18N4O2/c1-13(2)24-17-11-7-6-10-15(17)20-18(23)16-12-19-22(21-16)14-8-4-3-5-9-14/h3-13H,1-2H3,(H,20,23). The Bertz CT molecular complexity index is 828. The maximum absolute atomic E-state index is 12.4. The average Bonchev–Trinajstić information content (AvgIpc) is 3.07. The Morgan fingerprint density at radius 3 is 2.54 bits per heavy atom. The van der Waals surface area contributed by atoms with Crippen molar-refractivity contribution in [1.82, 2.24) is 15.0 Å². The second-order valence-corrected chi connectivity index (χ2v) is 5.47. The number of anilines is 1. The van der Waals surface area contributed by atoms with Crippen molar-refractivity contribution in [2.24, 2.45) is 0 Å². The van der Waals surface area contributed by atoms with Crippen LogP contribution in [0.15, 0.2) is 60.8 Å². The number of aromatic nitrogens is 3. The van der Waals surface area contributed by atoms with Gasteiger partial charge in [0.1, 0.15) is 5.75 Å². The van der Waals surface area contributed by atoms with Crippen LogP contribution in [0, 0.1) is 0 Å². The quantitative estimate of drug-likeness (QED) is 0.782. The van der Waals surface area contributed by atoms with Gasteiger partial charge in [0.2, 0.25) is 0 Å². The number of para-hydroxylation sites is 3. The minimum atomic E-state index is -0.336. The van der Waals surface area contributed by atoms with Gasteiger partial charge in [-0.3, -0.25) is 4.79 Å². The van der Waals surface area contributed by atoms with E-state index in [0.717, 1.165) is 5.69 Å². The van der Waals surface area contributed by atoms with Crippen LogP contribution in [0.5, 0.6) is 5.75 Å². The zero-order chi connectivity index (χ0) is 16.9. The number of hydrogen-bond donors (Lipinski definition) is 1. The van der Waals surface area contributed by atoms with E-state index in [9.17, 15) is 4.79 Å². The fourth-order valence-electron chi connectivity index (χ4n) is 2.17. The lowest BCUT2D eigenvalue weighted by Crippen LogP contribution is -2.15. The highest BCUT2D eigenvalue weighted by molar-refractivity contribution is 6.03. The van der Waals surface area contributed by atoms with Gasteiger partial charge in [0.05, 0.1) is 23.7 Å². The highest BCUT2D eigenvalue weighted by Gasteiger charge is 2.14. The van der Waals surface area contributed by atoms with E-state index in [0.29, 0.717) is 11.4 Å². The Hall–Kier alpha value is -3.15. The van der Waals surface area contributed by atoms with Crippen molar-refractivity contribution in [2.45, 2.75) is 20.0 Å². The highest BCUT2D eigenvalue weighted by atomic mass is 16.5. The zero-order valence-corrected chi connectivity index (χ0v) is 13.5. The Morgan fingerprint density at radius 1 is 1.08 bits per heavy atom. The molecule has 3 rings (SSSR count). The van der Waals surface area contributed by atoms with Crippen LogP contribution in [0.25, 0.3) is 5.69 Å². The average molecular weight is 322 g/mol. The molecule has 0 bridgehead atoms. The Labute approximate surface area is 140 Å². The van der Waals surface area contributed by atoms with Gasteiger partial charge in [-0.1, -0.05) is 30.3 Å². The molecule has 3 aromatic rings. The minimum absolute atomic E-state index is 0.0157. The molecule has 0 atom stereocenters. The second-order valence-electron chi connectivity index (χ2n) is 5.47. The number of ether oxygens (including phenoxy) is 1. The highest BCUT2D eigenvalue weighted by Crippen LogP contribution is 2.25. The number of carbonyl (C=O) groups excluding carboxylic acids is 1. The summed E-state index contributed by atoms with van der Waals surface area (Å²) in [6.45, 7) is 3.87. The van der Waals surface area contributed by atoms with E-state index in [-0.39, 0.29) is 17.7 Å². The van der Waals surface area contributed by atoms with E-state index in [2.05, 4.69) is 15.5 Å². The molecule has 0 aliphatic heterocycles. The summed E-state index contributed by atoms with van der Waals surface area (Å²) in [5.41, 5.74) is 1.63. The molecule has 1 aromatic heterocycles. The van der Waals surface area contributed by atoms with Crippen LogP contribution in [-0.2, 0) is 0 Å². The molecule has 0 radical (unpaired) electrons. The van der Waals surface area contributed by atoms with Crippen molar-refractivity contribution in [3.63, 3.8) is 0 Å². The lowest BCUT2D eigenvalue weighted by atomic mass is 10.2. The van der Waals surface area contributed by atoms with Crippen molar-refractivity contribution in [3.05, 3.63) is 66.5 Å². The molecule has 1 N–H and O–H groups in total. The van der Waals surface area contributed by atoms with Gasteiger partial charge in [-0.05, 0) is 38.1 Å². The van der Waals surface area contributed by atoms with Gasteiger partial charge in [-0.25, -0.2) is 0 Å². The molecule has 1 amide bonds. The maximum Gasteiger partial charge on any atom is 0.277 e. The normalized spacial score (nSPS) is 10.6. The van der Waals surface area contributed by atoms with E-state index in [1.807, 2.05) is 62.4 Å². The first-order valence-electron chi connectivity index (χ1n) is 7.68. The van der Waals surface area contributed by atoms with Gasteiger partial charge in [0.25, 0.3) is 5.91 Å². The molecule has 6 nitrogen and oxygen atoms in total. The van der Waals surface area contributed by atoms with Gasteiger partial charge >= 0.3 is 0 Å². The fraction of sp³-hybridized carbons (Fsp3) is 0.167. The smallest absolute Gasteiger partial charge is 0.277 e. The van der Waals surface area contributed by atoms with Gasteiger partial charge in [-0.2, -0.15) is 9.90 Å². The van der Waals surface area contributed by atoms with Crippen molar-refractivity contribution in [3.8, 4) is 11.4 Å². The van der Waals surface area contributed by atoms with Gasteiger partial charge in [0.15, 0.2) is 5.69 Å². The molecule has 1 heterocycles. The summed E-state index contributed by atoms with van der Waals surface area (Å²) in [7, 11) is 0. The summed E-state index contributed by atoms with van der Waals surface area (Å²) in [5.74, 6) is 0.285.